The molecule has 1 saturated heterocycles. The van der Waals surface area contributed by atoms with Gasteiger partial charge in [-0.2, -0.15) is 4.80 Å². The smallest absolute Gasteiger partial charge is 0.248 e. The largest absolute Gasteiger partial charge is 0.497 e. The molecule has 202 valence electrons. The van der Waals surface area contributed by atoms with E-state index in [2.05, 4.69) is 20.7 Å². The van der Waals surface area contributed by atoms with Crippen LogP contribution in [0.15, 0.2) is 41.8 Å². The van der Waals surface area contributed by atoms with Crippen molar-refractivity contribution in [1.82, 2.24) is 30.4 Å². The van der Waals surface area contributed by atoms with Gasteiger partial charge < -0.3 is 19.7 Å². The molecule has 2 atom stereocenters. The molecule has 3 aromatic rings. The maximum absolute atomic E-state index is 13.8. The summed E-state index contributed by atoms with van der Waals surface area (Å²) in [5.74, 6) is 0.746. The van der Waals surface area contributed by atoms with Crippen molar-refractivity contribution in [2.24, 2.45) is 0 Å². The monoisotopic (exact) mass is 538 g/mol. The highest BCUT2D eigenvalue weighted by molar-refractivity contribution is 7.10. The Kier molecular flexibility index (Phi) is 8.65. The van der Waals surface area contributed by atoms with Gasteiger partial charge in [-0.05, 0) is 66.6 Å². The van der Waals surface area contributed by atoms with Crippen LogP contribution in [0.4, 0.5) is 0 Å². The third kappa shape index (κ3) is 6.39. The van der Waals surface area contributed by atoms with Crippen LogP contribution in [0.5, 0.6) is 5.75 Å². The molecule has 38 heavy (non-hydrogen) atoms. The van der Waals surface area contributed by atoms with Gasteiger partial charge in [0.1, 0.15) is 18.3 Å². The Morgan fingerprint density at radius 1 is 1.16 bits per heavy atom. The minimum Gasteiger partial charge on any atom is -0.497 e. The van der Waals surface area contributed by atoms with E-state index in [1.54, 1.807) is 12.0 Å². The molecule has 1 aliphatic heterocycles. The van der Waals surface area contributed by atoms with E-state index in [1.807, 2.05) is 41.8 Å². The fourth-order valence-electron chi connectivity index (χ4n) is 5.13. The number of ether oxygens (including phenoxy) is 2. The third-order valence-electron chi connectivity index (χ3n) is 7.15. The van der Waals surface area contributed by atoms with Crippen molar-refractivity contribution in [3.63, 3.8) is 0 Å². The first kappa shape index (κ1) is 26.3. The van der Waals surface area contributed by atoms with E-state index in [0.29, 0.717) is 19.0 Å². The van der Waals surface area contributed by atoms with Gasteiger partial charge in [0.05, 0.1) is 13.2 Å². The topological polar surface area (TPSA) is 111 Å². The van der Waals surface area contributed by atoms with Gasteiger partial charge in [0.15, 0.2) is 0 Å². The molecule has 1 aliphatic carbocycles. The molecular formula is C27H34N6O4S. The lowest BCUT2D eigenvalue weighted by Gasteiger charge is -2.33. The third-order valence-corrected chi connectivity index (χ3v) is 8.07. The Balaban J connectivity index is 1.37. The average molecular weight is 539 g/mol. The van der Waals surface area contributed by atoms with Crippen LogP contribution in [0.1, 0.15) is 55.9 Å². The first-order chi connectivity index (χ1) is 18.6. The maximum atomic E-state index is 13.8. The molecule has 0 spiro atoms. The summed E-state index contributed by atoms with van der Waals surface area (Å²) in [5.41, 5.74) is 0.768. The molecule has 0 unspecified atom stereocenters. The second-order valence-corrected chi connectivity index (χ2v) is 10.8. The summed E-state index contributed by atoms with van der Waals surface area (Å²) < 4.78 is 11.1. The molecule has 2 fully saturated rings. The highest BCUT2D eigenvalue weighted by Crippen LogP contribution is 2.29. The molecule has 0 radical (unpaired) electrons. The number of nitrogens with one attached hydrogen (secondary N) is 1. The normalized spacial score (nSPS) is 18.7. The van der Waals surface area contributed by atoms with Gasteiger partial charge in [0.2, 0.25) is 17.6 Å². The van der Waals surface area contributed by atoms with Crippen molar-refractivity contribution >= 4 is 23.2 Å². The van der Waals surface area contributed by atoms with Gasteiger partial charge in [-0.3, -0.25) is 9.59 Å². The zero-order chi connectivity index (χ0) is 26.3. The van der Waals surface area contributed by atoms with Gasteiger partial charge in [-0.1, -0.05) is 25.3 Å². The minimum absolute atomic E-state index is 0.109. The first-order valence-electron chi connectivity index (χ1n) is 13.3. The molecule has 1 aromatic carbocycles. The quantitative estimate of drug-likeness (QED) is 0.420. The number of nitrogens with zero attached hydrogens (tertiary/aromatic N) is 5. The molecule has 11 heteroatoms. The number of carbonyl (C=O) groups is 2. The summed E-state index contributed by atoms with van der Waals surface area (Å²) in [4.78, 5) is 31.3. The Morgan fingerprint density at radius 3 is 2.66 bits per heavy atom. The summed E-state index contributed by atoms with van der Waals surface area (Å²) >= 11 is 1.48. The molecule has 2 aromatic heterocycles. The van der Waals surface area contributed by atoms with Crippen LogP contribution in [0.2, 0.25) is 0 Å². The predicted octanol–water partition coefficient (Wildman–Crippen LogP) is 3.61. The van der Waals surface area contributed by atoms with E-state index in [1.165, 1.54) is 22.6 Å². The van der Waals surface area contributed by atoms with Crippen molar-refractivity contribution in [3.8, 4) is 17.1 Å². The molecule has 2 amide bonds. The zero-order valence-electron chi connectivity index (χ0n) is 21.6. The van der Waals surface area contributed by atoms with Crippen LogP contribution < -0.4 is 10.1 Å². The second-order valence-electron chi connectivity index (χ2n) is 9.81. The fourth-order valence-corrected chi connectivity index (χ4v) is 5.97. The number of benzene rings is 1. The minimum atomic E-state index is -0.738. The van der Waals surface area contributed by atoms with Crippen LogP contribution in [-0.4, -0.2) is 69.3 Å². The van der Waals surface area contributed by atoms with E-state index in [9.17, 15) is 9.59 Å². The van der Waals surface area contributed by atoms with Crippen LogP contribution in [0, 0.1) is 0 Å². The average Bonchev–Trinajstić information content (AvgIpc) is 3.73. The molecule has 1 saturated carbocycles. The van der Waals surface area contributed by atoms with Crippen molar-refractivity contribution < 1.29 is 19.1 Å². The Labute approximate surface area is 226 Å². The van der Waals surface area contributed by atoms with Gasteiger partial charge in [0.25, 0.3) is 0 Å². The number of tetrazole rings is 1. The van der Waals surface area contributed by atoms with Crippen molar-refractivity contribution in [2.45, 2.75) is 69.7 Å². The van der Waals surface area contributed by atoms with E-state index >= 15 is 0 Å². The summed E-state index contributed by atoms with van der Waals surface area (Å²) in [7, 11) is 1.61. The van der Waals surface area contributed by atoms with E-state index in [-0.39, 0.29) is 30.5 Å². The molecule has 1 N–H and O–H groups in total. The van der Waals surface area contributed by atoms with Crippen LogP contribution in [0.3, 0.4) is 0 Å². The maximum Gasteiger partial charge on any atom is 0.248 e. The van der Waals surface area contributed by atoms with Gasteiger partial charge >= 0.3 is 0 Å². The van der Waals surface area contributed by atoms with Gasteiger partial charge in [0, 0.05) is 29.6 Å². The Bertz CT molecular complexity index is 1190. The van der Waals surface area contributed by atoms with Crippen molar-refractivity contribution in [3.05, 3.63) is 46.7 Å². The summed E-state index contributed by atoms with van der Waals surface area (Å²) in [6.45, 7) is 0.870. The lowest BCUT2D eigenvalue weighted by Crippen LogP contribution is -2.49. The number of methoxy groups -OCH3 is 1. The number of thiophene rings is 1. The zero-order valence-corrected chi connectivity index (χ0v) is 22.4. The van der Waals surface area contributed by atoms with Crippen molar-refractivity contribution in [2.75, 3.05) is 20.3 Å². The number of hydrogen-bond donors (Lipinski definition) is 1. The van der Waals surface area contributed by atoms with Gasteiger partial charge in [-0.25, -0.2) is 0 Å². The number of rotatable bonds is 10. The lowest BCUT2D eigenvalue weighted by molar-refractivity contribution is -0.143. The number of hydrogen-bond acceptors (Lipinski definition) is 8. The highest BCUT2D eigenvalue weighted by atomic mass is 32.1. The number of carbonyl (C=O) groups excluding carboxylic acids is 2. The molecule has 0 bridgehead atoms. The molecule has 3 heterocycles. The Hall–Kier alpha value is -3.31. The first-order valence-corrected chi connectivity index (χ1v) is 14.2. The standard InChI is InChI=1S/C27H34N6O4S/c1-36-21-13-11-19(12-14-21)26-29-31-33(30-26)18-24(34)32(17-22-9-5-15-37-22)25(23-10-6-16-38-23)27(35)28-20-7-3-2-4-8-20/h6,10-14,16,20,22,25H,2-5,7-9,15,17-18H2,1H3,(H,28,35)/t22-,25+/m1/s1. The fraction of sp³-hybridized carbons (Fsp3) is 0.519. The van der Waals surface area contributed by atoms with Gasteiger partial charge in [-0.15, -0.1) is 21.5 Å². The van der Waals surface area contributed by atoms with E-state index < -0.39 is 6.04 Å². The Morgan fingerprint density at radius 2 is 1.97 bits per heavy atom. The van der Waals surface area contributed by atoms with Crippen LogP contribution in [0.25, 0.3) is 11.4 Å². The summed E-state index contributed by atoms with van der Waals surface area (Å²) in [5, 5.41) is 17.9. The van der Waals surface area contributed by atoms with Crippen LogP contribution in [-0.2, 0) is 20.9 Å². The SMILES string of the molecule is COc1ccc(-c2nnn(CC(=O)N(C[C@H]3CCCO3)[C@H](C(=O)NC3CCCCC3)c3cccs3)n2)cc1. The van der Waals surface area contributed by atoms with E-state index in [0.717, 1.165) is 54.7 Å². The lowest BCUT2D eigenvalue weighted by atomic mass is 9.95. The molecule has 10 nitrogen and oxygen atoms in total. The molecule has 5 rings (SSSR count). The number of aromatic nitrogens is 4. The summed E-state index contributed by atoms with van der Waals surface area (Å²) in [6, 6.07) is 10.6. The van der Waals surface area contributed by atoms with E-state index in [4.69, 9.17) is 9.47 Å². The van der Waals surface area contributed by atoms with Crippen LogP contribution >= 0.6 is 11.3 Å². The number of amides is 2. The second kappa shape index (κ2) is 12.5. The molecule has 2 aliphatic rings. The summed E-state index contributed by atoms with van der Waals surface area (Å²) in [6.07, 6.45) is 7.06. The highest BCUT2D eigenvalue weighted by Gasteiger charge is 2.36. The van der Waals surface area contributed by atoms with Crippen molar-refractivity contribution in [1.29, 1.82) is 0 Å². The molecular weight excluding hydrogens is 504 g/mol. The predicted molar refractivity (Wildman–Crippen MR) is 143 cm³/mol.